The predicted octanol–water partition coefficient (Wildman–Crippen LogP) is 3.23. The molecule has 1 rings (SSSR count). The summed E-state index contributed by atoms with van der Waals surface area (Å²) < 4.78 is 0.822. The Labute approximate surface area is 72.5 Å². The van der Waals surface area contributed by atoms with Crippen molar-refractivity contribution in [2.75, 3.05) is 5.75 Å². The molecular weight excluding hydrogens is 160 g/mol. The summed E-state index contributed by atoms with van der Waals surface area (Å²) in [5.74, 6) is 1.34. The van der Waals surface area contributed by atoms with Crippen LogP contribution in [0.3, 0.4) is 0 Å². The Morgan fingerprint density at radius 3 is 2.10 bits per heavy atom. The van der Waals surface area contributed by atoms with Gasteiger partial charge < -0.3 is 0 Å². The molecule has 1 aliphatic heterocycles. The van der Waals surface area contributed by atoms with Crippen molar-refractivity contribution in [3.63, 3.8) is 0 Å². The fourth-order valence-electron chi connectivity index (χ4n) is 0.967. The molecule has 0 bridgehead atoms. The van der Waals surface area contributed by atoms with Crippen molar-refractivity contribution >= 4 is 23.5 Å². The first-order valence-corrected chi connectivity index (χ1v) is 5.76. The van der Waals surface area contributed by atoms with Crippen molar-refractivity contribution in [3.05, 3.63) is 0 Å². The molecular formula is C8H16S2. The first-order chi connectivity index (χ1) is 4.50. The van der Waals surface area contributed by atoms with E-state index >= 15 is 0 Å². The molecule has 0 saturated carbocycles. The first kappa shape index (κ1) is 8.79. The predicted molar refractivity (Wildman–Crippen MR) is 52.8 cm³/mol. The topological polar surface area (TPSA) is 0 Å². The summed E-state index contributed by atoms with van der Waals surface area (Å²) in [6.45, 7) is 9.31. The van der Waals surface area contributed by atoms with Gasteiger partial charge in [-0.1, -0.05) is 27.7 Å². The number of thioether (sulfide) groups is 2. The molecule has 0 unspecified atom stereocenters. The van der Waals surface area contributed by atoms with Crippen LogP contribution >= 0.6 is 23.5 Å². The van der Waals surface area contributed by atoms with Gasteiger partial charge in [-0.15, -0.1) is 23.5 Å². The maximum atomic E-state index is 2.33. The van der Waals surface area contributed by atoms with E-state index in [9.17, 15) is 0 Å². The highest BCUT2D eigenvalue weighted by atomic mass is 32.2. The van der Waals surface area contributed by atoms with Crippen LogP contribution in [-0.2, 0) is 0 Å². The molecule has 2 atom stereocenters. The summed E-state index contributed by atoms with van der Waals surface area (Å²) in [6, 6.07) is 0. The average molecular weight is 176 g/mol. The van der Waals surface area contributed by atoms with Crippen LogP contribution < -0.4 is 0 Å². The Morgan fingerprint density at radius 1 is 1.30 bits per heavy atom. The summed E-state index contributed by atoms with van der Waals surface area (Å²) in [7, 11) is 0. The highest BCUT2D eigenvalue weighted by Gasteiger charge is 2.32. The zero-order chi connectivity index (χ0) is 7.78. The van der Waals surface area contributed by atoms with Gasteiger partial charge in [-0.05, 0) is 5.41 Å². The summed E-state index contributed by atoms with van der Waals surface area (Å²) in [5.41, 5.74) is 0.486. The Morgan fingerprint density at radius 2 is 1.90 bits per heavy atom. The van der Waals surface area contributed by atoms with Gasteiger partial charge in [0, 0.05) is 11.0 Å². The van der Waals surface area contributed by atoms with E-state index in [1.165, 1.54) is 5.75 Å². The van der Waals surface area contributed by atoms with Crippen LogP contribution in [0.5, 0.6) is 0 Å². The minimum absolute atomic E-state index is 0.486. The second kappa shape index (κ2) is 2.98. The summed E-state index contributed by atoms with van der Waals surface area (Å²) >= 11 is 4.26. The number of rotatable bonds is 0. The van der Waals surface area contributed by atoms with E-state index in [-0.39, 0.29) is 0 Å². The minimum Gasteiger partial charge on any atom is -0.146 e. The summed E-state index contributed by atoms with van der Waals surface area (Å²) in [5, 5.41) is 0.870. The summed E-state index contributed by atoms with van der Waals surface area (Å²) in [6.07, 6.45) is 0. The second-order valence-corrected chi connectivity index (χ2v) is 6.96. The zero-order valence-corrected chi connectivity index (χ0v) is 8.81. The van der Waals surface area contributed by atoms with Crippen molar-refractivity contribution in [1.82, 2.24) is 0 Å². The van der Waals surface area contributed by atoms with Crippen LogP contribution in [0.4, 0.5) is 0 Å². The Kier molecular flexibility index (Phi) is 2.62. The molecule has 0 nitrogen and oxygen atoms in total. The van der Waals surface area contributed by atoms with Gasteiger partial charge in [-0.25, -0.2) is 0 Å². The molecule has 0 spiro atoms. The van der Waals surface area contributed by atoms with E-state index in [1.807, 2.05) is 0 Å². The van der Waals surface area contributed by atoms with Crippen molar-refractivity contribution in [3.8, 4) is 0 Å². The van der Waals surface area contributed by atoms with Crippen LogP contribution in [-0.4, -0.2) is 15.6 Å². The smallest absolute Gasteiger partial charge is 0.0554 e. The van der Waals surface area contributed by atoms with E-state index in [4.69, 9.17) is 0 Å². The Bertz CT molecular complexity index is 115. The van der Waals surface area contributed by atoms with Crippen LogP contribution in [0.15, 0.2) is 0 Å². The molecule has 0 aromatic carbocycles. The van der Waals surface area contributed by atoms with Gasteiger partial charge in [0.05, 0.1) is 4.58 Å². The fourth-order valence-corrected chi connectivity index (χ4v) is 4.41. The van der Waals surface area contributed by atoms with E-state index in [1.54, 1.807) is 0 Å². The van der Waals surface area contributed by atoms with Crippen molar-refractivity contribution in [1.29, 1.82) is 0 Å². The van der Waals surface area contributed by atoms with Gasteiger partial charge in [-0.2, -0.15) is 0 Å². The van der Waals surface area contributed by atoms with Crippen LogP contribution in [0.25, 0.3) is 0 Å². The highest BCUT2D eigenvalue weighted by molar-refractivity contribution is 8.20. The van der Waals surface area contributed by atoms with Crippen molar-refractivity contribution < 1.29 is 0 Å². The molecule has 60 valence electrons. The molecule has 0 aromatic rings. The quantitative estimate of drug-likeness (QED) is 0.556. The lowest BCUT2D eigenvalue weighted by Crippen LogP contribution is -2.17. The largest absolute Gasteiger partial charge is 0.146 e. The molecule has 0 aliphatic carbocycles. The number of hydrogen-bond acceptors (Lipinski definition) is 2. The molecule has 0 N–H and O–H groups in total. The Hall–Kier alpha value is 0.700. The second-order valence-electron chi connectivity index (χ2n) is 3.98. The van der Waals surface area contributed by atoms with E-state index in [0.29, 0.717) is 5.41 Å². The summed E-state index contributed by atoms with van der Waals surface area (Å²) in [4.78, 5) is 0. The molecule has 2 heteroatoms. The molecule has 0 radical (unpaired) electrons. The minimum atomic E-state index is 0.486. The van der Waals surface area contributed by atoms with Crippen molar-refractivity contribution in [2.24, 2.45) is 5.41 Å². The van der Waals surface area contributed by atoms with Gasteiger partial charge in [0.1, 0.15) is 0 Å². The van der Waals surface area contributed by atoms with Crippen LogP contribution in [0, 0.1) is 5.41 Å². The molecule has 0 aromatic heterocycles. The highest BCUT2D eigenvalue weighted by Crippen LogP contribution is 2.46. The van der Waals surface area contributed by atoms with Crippen LogP contribution in [0.1, 0.15) is 27.7 Å². The van der Waals surface area contributed by atoms with Gasteiger partial charge in [0.2, 0.25) is 0 Å². The maximum Gasteiger partial charge on any atom is 0.0554 e. The van der Waals surface area contributed by atoms with Crippen molar-refractivity contribution in [2.45, 2.75) is 37.5 Å². The third-order valence-corrected chi connectivity index (χ3v) is 5.79. The zero-order valence-electron chi connectivity index (χ0n) is 7.18. The van der Waals surface area contributed by atoms with Gasteiger partial charge in [-0.3, -0.25) is 0 Å². The Balaban J connectivity index is 2.45. The van der Waals surface area contributed by atoms with Gasteiger partial charge in [0.15, 0.2) is 0 Å². The average Bonchev–Trinajstić information content (AvgIpc) is 2.11. The first-order valence-electron chi connectivity index (χ1n) is 3.77. The maximum absolute atomic E-state index is 2.33. The molecule has 1 heterocycles. The lowest BCUT2D eigenvalue weighted by atomic mass is 10.0. The lowest BCUT2D eigenvalue weighted by Gasteiger charge is -2.24. The molecule has 10 heavy (non-hydrogen) atoms. The van der Waals surface area contributed by atoms with Gasteiger partial charge >= 0.3 is 0 Å². The fraction of sp³-hybridized carbons (Fsp3) is 1.00. The normalized spacial score (nSPS) is 34.8. The molecule has 1 aliphatic rings. The van der Waals surface area contributed by atoms with Crippen LogP contribution in [0.2, 0.25) is 0 Å². The lowest BCUT2D eigenvalue weighted by molar-refractivity contribution is 0.461. The third kappa shape index (κ3) is 2.09. The standard InChI is InChI=1S/C8H16S2/c1-6-5-9-7(10-6)8(2,3)4/h6-7H,5H2,1-4H3/t6-,7+/m0/s1. The number of hydrogen-bond donors (Lipinski definition) is 0. The van der Waals surface area contributed by atoms with Gasteiger partial charge in [0.25, 0.3) is 0 Å². The SMILES string of the molecule is C[C@H]1CS[C@@H](C(C)(C)C)S1. The van der Waals surface area contributed by atoms with E-state index in [0.717, 1.165) is 9.83 Å². The monoisotopic (exact) mass is 176 g/mol. The van der Waals surface area contributed by atoms with E-state index in [2.05, 4.69) is 51.2 Å². The molecule has 0 amide bonds. The van der Waals surface area contributed by atoms with E-state index < -0.39 is 0 Å². The third-order valence-electron chi connectivity index (χ3n) is 1.55. The molecule has 1 saturated heterocycles. The molecule has 1 fully saturated rings.